The van der Waals surface area contributed by atoms with Crippen molar-refractivity contribution in [1.82, 2.24) is 15.1 Å². The minimum atomic E-state index is -0.0399. The summed E-state index contributed by atoms with van der Waals surface area (Å²) in [6.45, 7) is 6.89. The number of hydrogen-bond donors (Lipinski definition) is 1. The van der Waals surface area contributed by atoms with Crippen LogP contribution in [0.3, 0.4) is 0 Å². The van der Waals surface area contributed by atoms with Crippen molar-refractivity contribution in [1.29, 1.82) is 0 Å². The number of carbonyl (C=O) groups excluding carboxylic acids is 2. The van der Waals surface area contributed by atoms with Crippen LogP contribution < -0.4 is 5.32 Å². The lowest BCUT2D eigenvalue weighted by Crippen LogP contribution is -2.53. The first kappa shape index (κ1) is 13.9. The molecular weight excluding hydrogens is 262 g/mol. The number of rotatable bonds is 2. The first-order chi connectivity index (χ1) is 9.13. The third kappa shape index (κ3) is 3.07. The molecule has 0 atom stereocenters. The molecule has 1 aliphatic heterocycles. The lowest BCUT2D eigenvalue weighted by atomic mass is 10.2. The summed E-state index contributed by atoms with van der Waals surface area (Å²) >= 11 is 1.48. The molecule has 1 saturated heterocycles. The van der Waals surface area contributed by atoms with E-state index >= 15 is 0 Å². The Bertz CT molecular complexity index is 464. The highest BCUT2D eigenvalue weighted by molar-refractivity contribution is 7.12. The zero-order valence-corrected chi connectivity index (χ0v) is 12.1. The predicted octanol–water partition coefficient (Wildman–Crippen LogP) is 1.54. The lowest BCUT2D eigenvalue weighted by molar-refractivity contribution is 0.0669. The zero-order chi connectivity index (χ0) is 13.8. The summed E-state index contributed by atoms with van der Waals surface area (Å²) < 4.78 is 0. The number of nitrogens with one attached hydrogen (secondary N) is 1. The number of nitrogens with zero attached hydrogens (tertiary/aromatic N) is 2. The predicted molar refractivity (Wildman–Crippen MR) is 75.6 cm³/mol. The van der Waals surface area contributed by atoms with Gasteiger partial charge in [0.05, 0.1) is 4.88 Å². The Morgan fingerprint density at radius 1 is 1.26 bits per heavy atom. The van der Waals surface area contributed by atoms with E-state index in [4.69, 9.17) is 0 Å². The van der Waals surface area contributed by atoms with Crippen LogP contribution in [0.1, 0.15) is 22.2 Å². The van der Waals surface area contributed by atoms with Crippen molar-refractivity contribution in [2.45, 2.75) is 13.8 Å². The van der Waals surface area contributed by atoms with E-state index in [1.54, 1.807) is 4.90 Å². The number of amides is 3. The van der Waals surface area contributed by atoms with Gasteiger partial charge in [0.1, 0.15) is 0 Å². The molecule has 0 radical (unpaired) electrons. The molecule has 3 amide bonds. The largest absolute Gasteiger partial charge is 0.338 e. The summed E-state index contributed by atoms with van der Waals surface area (Å²) in [7, 11) is 0. The van der Waals surface area contributed by atoms with Gasteiger partial charge in [-0.15, -0.1) is 11.3 Å². The summed E-state index contributed by atoms with van der Waals surface area (Å²) in [5.74, 6) is 0.0862. The molecule has 2 heterocycles. The molecule has 104 valence electrons. The second kappa shape index (κ2) is 6.06. The van der Waals surface area contributed by atoms with Gasteiger partial charge in [-0.3, -0.25) is 4.79 Å². The summed E-state index contributed by atoms with van der Waals surface area (Å²) in [5, 5.41) is 4.72. The Labute approximate surface area is 117 Å². The van der Waals surface area contributed by atoms with Gasteiger partial charge in [0, 0.05) is 32.7 Å². The van der Waals surface area contributed by atoms with E-state index in [0.29, 0.717) is 32.7 Å². The third-order valence-corrected chi connectivity index (χ3v) is 4.24. The van der Waals surface area contributed by atoms with Crippen LogP contribution in [0.2, 0.25) is 0 Å². The summed E-state index contributed by atoms with van der Waals surface area (Å²) in [6.07, 6.45) is 0. The van der Waals surface area contributed by atoms with Gasteiger partial charge < -0.3 is 15.1 Å². The average Bonchev–Trinajstić information content (AvgIpc) is 2.84. The fourth-order valence-electron chi connectivity index (χ4n) is 2.11. The molecule has 0 aromatic carbocycles. The molecular formula is C13H19N3O2S. The topological polar surface area (TPSA) is 52.7 Å². The van der Waals surface area contributed by atoms with Crippen molar-refractivity contribution < 1.29 is 9.59 Å². The van der Waals surface area contributed by atoms with Crippen LogP contribution in [0.25, 0.3) is 0 Å². The van der Waals surface area contributed by atoms with Gasteiger partial charge in [0.2, 0.25) is 0 Å². The first-order valence-corrected chi connectivity index (χ1v) is 7.37. The first-order valence-electron chi connectivity index (χ1n) is 6.49. The van der Waals surface area contributed by atoms with Gasteiger partial charge in [0.25, 0.3) is 5.91 Å². The van der Waals surface area contributed by atoms with Crippen LogP contribution in [0.5, 0.6) is 0 Å². The molecule has 1 fully saturated rings. The number of urea groups is 1. The maximum absolute atomic E-state index is 12.3. The molecule has 2 rings (SSSR count). The van der Waals surface area contributed by atoms with E-state index in [0.717, 1.165) is 10.4 Å². The Balaban J connectivity index is 1.92. The maximum Gasteiger partial charge on any atom is 0.317 e. The van der Waals surface area contributed by atoms with Gasteiger partial charge in [-0.05, 0) is 30.9 Å². The molecule has 1 aromatic heterocycles. The van der Waals surface area contributed by atoms with E-state index < -0.39 is 0 Å². The fraction of sp³-hybridized carbons (Fsp3) is 0.538. The lowest BCUT2D eigenvalue weighted by Gasteiger charge is -2.34. The van der Waals surface area contributed by atoms with Crippen molar-refractivity contribution >= 4 is 23.3 Å². The van der Waals surface area contributed by atoms with E-state index in [9.17, 15) is 9.59 Å². The Morgan fingerprint density at radius 2 is 1.89 bits per heavy atom. The molecule has 6 heteroatoms. The monoisotopic (exact) mass is 281 g/mol. The summed E-state index contributed by atoms with van der Waals surface area (Å²) in [6, 6.07) is 1.92. The molecule has 0 aliphatic carbocycles. The van der Waals surface area contributed by atoms with E-state index in [-0.39, 0.29) is 11.9 Å². The van der Waals surface area contributed by atoms with Gasteiger partial charge in [0.15, 0.2) is 0 Å². The highest BCUT2D eigenvalue weighted by Gasteiger charge is 2.25. The van der Waals surface area contributed by atoms with Crippen LogP contribution in [-0.4, -0.2) is 54.5 Å². The van der Waals surface area contributed by atoms with Crippen LogP contribution in [-0.2, 0) is 0 Å². The van der Waals surface area contributed by atoms with E-state index in [1.807, 2.05) is 30.2 Å². The van der Waals surface area contributed by atoms with Crippen molar-refractivity contribution in [2.24, 2.45) is 0 Å². The van der Waals surface area contributed by atoms with E-state index in [2.05, 4.69) is 5.32 Å². The summed E-state index contributed by atoms with van der Waals surface area (Å²) in [4.78, 5) is 28.4. The standard InChI is InChI=1S/C13H19N3O2S/c1-3-14-13(18)16-7-5-15(6-8-16)12(17)11-10(2)4-9-19-11/h4,9H,3,5-8H2,1-2H3,(H,14,18). The maximum atomic E-state index is 12.3. The van der Waals surface area contributed by atoms with Gasteiger partial charge in [-0.25, -0.2) is 4.79 Å². The Morgan fingerprint density at radius 3 is 2.42 bits per heavy atom. The molecule has 1 aromatic rings. The molecule has 0 spiro atoms. The molecule has 19 heavy (non-hydrogen) atoms. The smallest absolute Gasteiger partial charge is 0.317 e. The summed E-state index contributed by atoms with van der Waals surface area (Å²) in [5.41, 5.74) is 1.03. The molecule has 1 N–H and O–H groups in total. The Kier molecular flexibility index (Phi) is 4.42. The average molecular weight is 281 g/mol. The zero-order valence-electron chi connectivity index (χ0n) is 11.3. The van der Waals surface area contributed by atoms with Crippen LogP contribution in [0.4, 0.5) is 4.79 Å². The number of piperazine rings is 1. The van der Waals surface area contributed by atoms with Crippen LogP contribution in [0, 0.1) is 6.92 Å². The number of thiophene rings is 1. The number of aryl methyl sites for hydroxylation is 1. The van der Waals surface area contributed by atoms with Crippen molar-refractivity contribution in [2.75, 3.05) is 32.7 Å². The van der Waals surface area contributed by atoms with Crippen molar-refractivity contribution in [3.8, 4) is 0 Å². The molecule has 5 nitrogen and oxygen atoms in total. The molecule has 0 unspecified atom stereocenters. The minimum Gasteiger partial charge on any atom is -0.338 e. The van der Waals surface area contributed by atoms with Crippen molar-refractivity contribution in [3.05, 3.63) is 21.9 Å². The van der Waals surface area contributed by atoms with Gasteiger partial charge in [-0.2, -0.15) is 0 Å². The van der Waals surface area contributed by atoms with Crippen LogP contribution in [0.15, 0.2) is 11.4 Å². The molecule has 0 bridgehead atoms. The fourth-order valence-corrected chi connectivity index (χ4v) is 3.00. The minimum absolute atomic E-state index is 0.0399. The van der Waals surface area contributed by atoms with Gasteiger partial charge >= 0.3 is 6.03 Å². The van der Waals surface area contributed by atoms with Gasteiger partial charge in [-0.1, -0.05) is 0 Å². The van der Waals surface area contributed by atoms with Crippen molar-refractivity contribution in [3.63, 3.8) is 0 Å². The van der Waals surface area contributed by atoms with Crippen LogP contribution >= 0.6 is 11.3 Å². The molecule has 0 saturated carbocycles. The number of carbonyl (C=O) groups is 2. The van der Waals surface area contributed by atoms with E-state index in [1.165, 1.54) is 11.3 Å². The second-order valence-corrected chi connectivity index (χ2v) is 5.46. The Hall–Kier alpha value is -1.56. The second-order valence-electron chi connectivity index (χ2n) is 4.55. The molecule has 1 aliphatic rings. The quantitative estimate of drug-likeness (QED) is 0.894. The normalized spacial score (nSPS) is 15.5. The SMILES string of the molecule is CCNC(=O)N1CCN(C(=O)c2sccc2C)CC1. The third-order valence-electron chi connectivity index (χ3n) is 3.24. The number of hydrogen-bond acceptors (Lipinski definition) is 3. The highest BCUT2D eigenvalue weighted by atomic mass is 32.1. The highest BCUT2D eigenvalue weighted by Crippen LogP contribution is 2.18.